The van der Waals surface area contributed by atoms with Gasteiger partial charge in [-0.2, -0.15) is 0 Å². The summed E-state index contributed by atoms with van der Waals surface area (Å²) in [5, 5.41) is 0. The molecule has 1 unspecified atom stereocenters. The Kier molecular flexibility index (Phi) is 3.16. The molecule has 1 fully saturated rings. The molecule has 0 spiro atoms. The average molecular weight is 245 g/mol. The predicted octanol–water partition coefficient (Wildman–Crippen LogP) is 3.01. The summed E-state index contributed by atoms with van der Waals surface area (Å²) in [5.41, 5.74) is 1.44. The lowest BCUT2D eigenvalue weighted by atomic mass is 9.82. The molecule has 1 amide bonds. The van der Waals surface area contributed by atoms with Crippen LogP contribution in [0, 0.1) is 5.41 Å². The Morgan fingerprint density at radius 3 is 2.44 bits per heavy atom. The van der Waals surface area contributed by atoms with E-state index in [9.17, 15) is 4.79 Å². The van der Waals surface area contributed by atoms with Gasteiger partial charge in [-0.25, -0.2) is 0 Å². The number of methoxy groups -OCH3 is 1. The number of nitrogens with zero attached hydrogens (tertiary/aromatic N) is 1. The Balaban J connectivity index is 2.25. The van der Waals surface area contributed by atoms with Crippen LogP contribution in [0.2, 0.25) is 0 Å². The molecule has 0 saturated carbocycles. The Morgan fingerprint density at radius 2 is 2.00 bits per heavy atom. The van der Waals surface area contributed by atoms with Crippen LogP contribution in [0.3, 0.4) is 0 Å². The first-order chi connectivity index (χ1) is 8.49. The topological polar surface area (TPSA) is 29.5 Å². The maximum absolute atomic E-state index is 12.5. The SMILES string of the molecule is C=C(C)C1(C)CCN(c2ccc(OC)cc2)C1=O. The summed E-state index contributed by atoms with van der Waals surface area (Å²) < 4.78 is 5.12. The minimum absolute atomic E-state index is 0.139. The zero-order valence-electron chi connectivity index (χ0n) is 11.2. The van der Waals surface area contributed by atoms with Gasteiger partial charge in [0.05, 0.1) is 12.5 Å². The second-order valence-electron chi connectivity index (χ2n) is 5.02. The smallest absolute Gasteiger partial charge is 0.237 e. The summed E-state index contributed by atoms with van der Waals surface area (Å²) in [5.74, 6) is 0.938. The van der Waals surface area contributed by atoms with Gasteiger partial charge < -0.3 is 9.64 Å². The van der Waals surface area contributed by atoms with Gasteiger partial charge in [-0.1, -0.05) is 12.2 Å². The fourth-order valence-corrected chi connectivity index (χ4v) is 2.25. The van der Waals surface area contributed by atoms with E-state index in [1.165, 1.54) is 0 Å². The summed E-state index contributed by atoms with van der Waals surface area (Å²) in [6.45, 7) is 8.59. The number of rotatable bonds is 3. The van der Waals surface area contributed by atoms with Gasteiger partial charge in [0.25, 0.3) is 0 Å². The Bertz CT molecular complexity index is 478. The molecule has 3 heteroatoms. The molecule has 96 valence electrons. The summed E-state index contributed by atoms with van der Waals surface area (Å²) in [7, 11) is 1.63. The van der Waals surface area contributed by atoms with Crippen LogP contribution in [0.15, 0.2) is 36.4 Å². The number of hydrogen-bond acceptors (Lipinski definition) is 2. The van der Waals surface area contributed by atoms with Crippen LogP contribution >= 0.6 is 0 Å². The molecular formula is C15H19NO2. The minimum Gasteiger partial charge on any atom is -0.497 e. The molecule has 3 nitrogen and oxygen atoms in total. The number of hydrogen-bond donors (Lipinski definition) is 0. The number of amides is 1. The summed E-state index contributed by atoms with van der Waals surface area (Å²) in [6, 6.07) is 7.58. The van der Waals surface area contributed by atoms with Gasteiger partial charge in [-0.05, 0) is 44.5 Å². The molecule has 1 aliphatic heterocycles. The standard InChI is InChI=1S/C15H19NO2/c1-11(2)15(3)9-10-16(14(15)17)12-5-7-13(18-4)8-6-12/h5-8H,1,9-10H2,2-4H3. The average Bonchev–Trinajstić information content (AvgIpc) is 2.68. The van der Waals surface area contributed by atoms with Crippen LogP contribution in [0.25, 0.3) is 0 Å². The third kappa shape index (κ3) is 1.90. The maximum Gasteiger partial charge on any atom is 0.237 e. The first kappa shape index (κ1) is 12.7. The zero-order chi connectivity index (χ0) is 13.3. The molecule has 1 aromatic carbocycles. The molecule has 2 rings (SSSR count). The molecule has 0 N–H and O–H groups in total. The van der Waals surface area contributed by atoms with Crippen molar-refractivity contribution >= 4 is 11.6 Å². The van der Waals surface area contributed by atoms with Crippen molar-refractivity contribution in [3.05, 3.63) is 36.4 Å². The van der Waals surface area contributed by atoms with Crippen LogP contribution in [0.5, 0.6) is 5.75 Å². The Morgan fingerprint density at radius 1 is 1.39 bits per heavy atom. The van der Waals surface area contributed by atoms with Crippen molar-refractivity contribution in [3.63, 3.8) is 0 Å². The molecule has 0 bridgehead atoms. The van der Waals surface area contributed by atoms with E-state index in [2.05, 4.69) is 6.58 Å². The highest BCUT2D eigenvalue weighted by molar-refractivity contribution is 6.01. The lowest BCUT2D eigenvalue weighted by Crippen LogP contribution is -2.33. The second-order valence-corrected chi connectivity index (χ2v) is 5.02. The predicted molar refractivity (Wildman–Crippen MR) is 72.9 cm³/mol. The highest BCUT2D eigenvalue weighted by Crippen LogP contribution is 2.39. The van der Waals surface area contributed by atoms with Crippen molar-refractivity contribution in [1.29, 1.82) is 0 Å². The Labute approximate surface area is 108 Å². The lowest BCUT2D eigenvalue weighted by Gasteiger charge is -2.23. The van der Waals surface area contributed by atoms with Gasteiger partial charge >= 0.3 is 0 Å². The van der Waals surface area contributed by atoms with Crippen LogP contribution in [-0.2, 0) is 4.79 Å². The van der Waals surface area contributed by atoms with Gasteiger partial charge in [0.15, 0.2) is 0 Å². The van der Waals surface area contributed by atoms with Gasteiger partial charge in [0.2, 0.25) is 5.91 Å². The molecule has 1 aromatic rings. The molecule has 0 aromatic heterocycles. The summed E-state index contributed by atoms with van der Waals surface area (Å²) >= 11 is 0. The van der Waals surface area contributed by atoms with Gasteiger partial charge in [-0.15, -0.1) is 0 Å². The Hall–Kier alpha value is -1.77. The summed E-state index contributed by atoms with van der Waals surface area (Å²) in [6.07, 6.45) is 0.827. The van der Waals surface area contributed by atoms with E-state index in [0.717, 1.165) is 30.0 Å². The summed E-state index contributed by atoms with van der Waals surface area (Å²) in [4.78, 5) is 14.3. The van der Waals surface area contributed by atoms with Crippen molar-refractivity contribution in [2.24, 2.45) is 5.41 Å². The first-order valence-electron chi connectivity index (χ1n) is 6.11. The molecule has 18 heavy (non-hydrogen) atoms. The number of carbonyl (C=O) groups is 1. The second kappa shape index (κ2) is 4.48. The minimum atomic E-state index is -0.417. The van der Waals surface area contributed by atoms with Crippen LogP contribution in [0.4, 0.5) is 5.69 Å². The molecule has 0 radical (unpaired) electrons. The fraction of sp³-hybridized carbons (Fsp3) is 0.400. The molecule has 1 aliphatic rings. The lowest BCUT2D eigenvalue weighted by molar-refractivity contribution is -0.123. The van der Waals surface area contributed by atoms with Crippen LogP contribution in [0.1, 0.15) is 20.3 Å². The molecular weight excluding hydrogens is 226 g/mol. The highest BCUT2D eigenvalue weighted by atomic mass is 16.5. The normalized spacial score (nSPS) is 23.3. The van der Waals surface area contributed by atoms with E-state index in [1.807, 2.05) is 43.0 Å². The third-order valence-corrected chi connectivity index (χ3v) is 3.88. The van der Waals surface area contributed by atoms with Crippen LogP contribution < -0.4 is 9.64 Å². The number of ether oxygens (including phenoxy) is 1. The van der Waals surface area contributed by atoms with Crippen molar-refractivity contribution in [2.45, 2.75) is 20.3 Å². The fourth-order valence-electron chi connectivity index (χ4n) is 2.25. The molecule has 1 saturated heterocycles. The van der Waals surface area contributed by atoms with E-state index >= 15 is 0 Å². The van der Waals surface area contributed by atoms with Gasteiger partial charge in [0.1, 0.15) is 5.75 Å². The van der Waals surface area contributed by atoms with E-state index in [4.69, 9.17) is 4.74 Å². The third-order valence-electron chi connectivity index (χ3n) is 3.88. The zero-order valence-corrected chi connectivity index (χ0v) is 11.2. The molecule has 0 aliphatic carbocycles. The van der Waals surface area contributed by atoms with Gasteiger partial charge in [-0.3, -0.25) is 4.79 Å². The largest absolute Gasteiger partial charge is 0.497 e. The van der Waals surface area contributed by atoms with Crippen molar-refractivity contribution < 1.29 is 9.53 Å². The van der Waals surface area contributed by atoms with Crippen LogP contribution in [-0.4, -0.2) is 19.6 Å². The monoisotopic (exact) mass is 245 g/mol. The van der Waals surface area contributed by atoms with E-state index in [0.29, 0.717) is 0 Å². The van der Waals surface area contributed by atoms with Crippen molar-refractivity contribution in [1.82, 2.24) is 0 Å². The van der Waals surface area contributed by atoms with Gasteiger partial charge in [0, 0.05) is 12.2 Å². The number of carbonyl (C=O) groups excluding carboxylic acids is 1. The first-order valence-corrected chi connectivity index (χ1v) is 6.11. The highest BCUT2D eigenvalue weighted by Gasteiger charge is 2.43. The number of benzene rings is 1. The van der Waals surface area contributed by atoms with Crippen molar-refractivity contribution in [2.75, 3.05) is 18.6 Å². The number of anilines is 1. The molecule has 1 heterocycles. The van der Waals surface area contributed by atoms with E-state index in [1.54, 1.807) is 7.11 Å². The van der Waals surface area contributed by atoms with E-state index < -0.39 is 5.41 Å². The van der Waals surface area contributed by atoms with Crippen molar-refractivity contribution in [3.8, 4) is 5.75 Å². The van der Waals surface area contributed by atoms with E-state index in [-0.39, 0.29) is 5.91 Å². The maximum atomic E-state index is 12.5. The molecule has 1 atom stereocenters. The quantitative estimate of drug-likeness (QED) is 0.766.